The van der Waals surface area contributed by atoms with Crippen molar-refractivity contribution in [2.24, 2.45) is 0 Å². The third-order valence-corrected chi connectivity index (χ3v) is 9.82. The predicted octanol–water partition coefficient (Wildman–Crippen LogP) is 6.00. The fourth-order valence-electron chi connectivity index (χ4n) is 7.47. The van der Waals surface area contributed by atoms with Gasteiger partial charge in [0.05, 0.1) is 35.3 Å². The number of nitrogens with zero attached hydrogens (tertiary/aromatic N) is 3. The van der Waals surface area contributed by atoms with Crippen LogP contribution in [0.5, 0.6) is 5.75 Å². The number of benzene rings is 5. The molecule has 6 aromatic rings. The molecule has 12 heteroatoms. The van der Waals surface area contributed by atoms with E-state index in [1.54, 1.807) is 30.3 Å². The minimum atomic E-state index is -1.72. The van der Waals surface area contributed by atoms with Gasteiger partial charge in [-0.25, -0.2) is 19.9 Å². The maximum absolute atomic E-state index is 14.2. The first kappa shape index (κ1) is 37.4. The molecule has 0 unspecified atom stereocenters. The molecule has 0 radical (unpaired) electrons. The van der Waals surface area contributed by atoms with Gasteiger partial charge in [0.2, 0.25) is 0 Å². The lowest BCUT2D eigenvalue weighted by Gasteiger charge is -2.50. The number of ether oxygens (including phenoxy) is 3. The quantitative estimate of drug-likeness (QED) is 0.0654. The number of nitrogens with one attached hydrogen (secondary N) is 1. The van der Waals surface area contributed by atoms with Crippen LogP contribution in [0.4, 0.5) is 5.82 Å². The molecule has 5 aromatic carbocycles. The van der Waals surface area contributed by atoms with Gasteiger partial charge in [-0.3, -0.25) is 9.40 Å². The van der Waals surface area contributed by atoms with E-state index < -0.39 is 47.6 Å². The van der Waals surface area contributed by atoms with Crippen molar-refractivity contribution in [2.75, 3.05) is 19.2 Å². The topological polar surface area (TPSA) is 162 Å². The third-order valence-electron chi connectivity index (χ3n) is 9.82. The summed E-state index contributed by atoms with van der Waals surface area (Å²) in [6.07, 6.45) is -1.05. The molecule has 1 aliphatic rings. The molecule has 12 nitrogen and oxygen atoms in total. The van der Waals surface area contributed by atoms with Crippen LogP contribution in [0.25, 0.3) is 0 Å². The number of nitriles is 1. The average molecular weight is 749 g/mol. The minimum Gasteiger partial charge on any atom is -0.459 e. The molecule has 1 aliphatic heterocycles. The Balaban J connectivity index is 1.31. The molecule has 1 saturated heterocycles. The van der Waals surface area contributed by atoms with Gasteiger partial charge in [0, 0.05) is 12.6 Å². The zero-order chi connectivity index (χ0) is 39.1. The van der Waals surface area contributed by atoms with Crippen LogP contribution in [0.3, 0.4) is 0 Å². The molecule has 2 N–H and O–H groups in total. The lowest BCUT2D eigenvalue weighted by molar-refractivity contribution is -0.148. The van der Waals surface area contributed by atoms with Crippen LogP contribution < -0.4 is 15.9 Å². The molecule has 0 aliphatic carbocycles. The van der Waals surface area contributed by atoms with E-state index in [-0.39, 0.29) is 34.7 Å². The summed E-state index contributed by atoms with van der Waals surface area (Å²) in [6, 6.07) is 44.4. The first-order chi connectivity index (χ1) is 27.3. The number of aliphatic hydroxyl groups excluding tert-OH is 1. The molecule has 0 spiro atoms. The lowest BCUT2D eigenvalue weighted by Crippen LogP contribution is -2.58. The SMILES string of the molecule is CONc1ccn([C@@]2(C(c3ccccc3)(c3ccccc3)c3ccccc3)C[C@H](O)[C@@H](COC(=O)c3ccccc3C(=O)Oc3ccccc3C#N)O2)c(=O)n1. The van der Waals surface area contributed by atoms with Crippen LogP contribution in [0.1, 0.15) is 49.4 Å². The molecule has 0 amide bonds. The van der Waals surface area contributed by atoms with E-state index in [4.69, 9.17) is 19.0 Å². The smallest absolute Gasteiger partial charge is 0.351 e. The van der Waals surface area contributed by atoms with Crippen LogP contribution in [-0.2, 0) is 25.5 Å². The van der Waals surface area contributed by atoms with Crippen molar-refractivity contribution in [1.82, 2.24) is 9.55 Å². The number of para-hydroxylation sites is 1. The van der Waals surface area contributed by atoms with Crippen molar-refractivity contribution in [3.05, 3.63) is 196 Å². The summed E-state index contributed by atoms with van der Waals surface area (Å²) in [7, 11) is 1.40. The van der Waals surface area contributed by atoms with Crippen molar-refractivity contribution >= 4 is 17.8 Å². The van der Waals surface area contributed by atoms with E-state index in [0.717, 1.165) is 16.7 Å². The van der Waals surface area contributed by atoms with Crippen LogP contribution in [0.15, 0.2) is 157 Å². The summed E-state index contributed by atoms with van der Waals surface area (Å²) < 4.78 is 19.7. The van der Waals surface area contributed by atoms with Gasteiger partial charge in [0.25, 0.3) is 0 Å². The molecular formula is C44H36N4O8. The fraction of sp³-hybridized carbons (Fsp3) is 0.159. The number of carbonyl (C=O) groups is 2. The monoisotopic (exact) mass is 748 g/mol. The summed E-state index contributed by atoms with van der Waals surface area (Å²) >= 11 is 0. The zero-order valence-corrected chi connectivity index (χ0v) is 30.1. The number of esters is 2. The molecular weight excluding hydrogens is 713 g/mol. The average Bonchev–Trinajstić information content (AvgIpc) is 3.57. The number of aromatic nitrogens is 2. The first-order valence-electron chi connectivity index (χ1n) is 17.7. The second-order valence-electron chi connectivity index (χ2n) is 13.0. The summed E-state index contributed by atoms with van der Waals surface area (Å²) in [5.74, 6) is -1.55. The van der Waals surface area contributed by atoms with Crippen LogP contribution in [0, 0.1) is 11.3 Å². The van der Waals surface area contributed by atoms with E-state index in [1.165, 1.54) is 42.1 Å². The number of carbonyl (C=O) groups excluding carboxylic acids is 2. The lowest BCUT2D eigenvalue weighted by atomic mass is 9.61. The van der Waals surface area contributed by atoms with Gasteiger partial charge < -0.3 is 19.3 Å². The van der Waals surface area contributed by atoms with Gasteiger partial charge in [-0.1, -0.05) is 115 Å². The molecule has 1 aromatic heterocycles. The molecule has 56 heavy (non-hydrogen) atoms. The second-order valence-corrected chi connectivity index (χ2v) is 13.0. The molecule has 7 rings (SSSR count). The summed E-state index contributed by atoms with van der Waals surface area (Å²) in [5, 5.41) is 21.4. The number of rotatable bonds is 12. The Labute approximate surface area is 322 Å². The molecule has 0 saturated carbocycles. The van der Waals surface area contributed by atoms with E-state index in [2.05, 4.69) is 10.5 Å². The van der Waals surface area contributed by atoms with Crippen LogP contribution in [0.2, 0.25) is 0 Å². The van der Waals surface area contributed by atoms with E-state index in [0.29, 0.717) is 0 Å². The maximum Gasteiger partial charge on any atom is 0.351 e. The first-order valence-corrected chi connectivity index (χ1v) is 17.7. The highest BCUT2D eigenvalue weighted by atomic mass is 16.6. The molecule has 1 fully saturated rings. The van der Waals surface area contributed by atoms with Gasteiger partial charge in [0.1, 0.15) is 24.5 Å². The van der Waals surface area contributed by atoms with Gasteiger partial charge in [-0.05, 0) is 47.0 Å². The Kier molecular flexibility index (Phi) is 10.8. The number of hydrogen-bond donors (Lipinski definition) is 2. The van der Waals surface area contributed by atoms with Gasteiger partial charge in [-0.2, -0.15) is 10.2 Å². The largest absolute Gasteiger partial charge is 0.459 e. The van der Waals surface area contributed by atoms with E-state index >= 15 is 0 Å². The Morgan fingerprint density at radius 3 is 1.93 bits per heavy atom. The van der Waals surface area contributed by atoms with E-state index in [1.807, 2.05) is 97.1 Å². The highest BCUT2D eigenvalue weighted by Crippen LogP contribution is 2.56. The Morgan fingerprint density at radius 1 is 0.839 bits per heavy atom. The molecule has 280 valence electrons. The van der Waals surface area contributed by atoms with Crippen molar-refractivity contribution in [2.45, 2.75) is 29.8 Å². The zero-order valence-electron chi connectivity index (χ0n) is 30.1. The van der Waals surface area contributed by atoms with E-state index in [9.17, 15) is 24.8 Å². The Hall–Kier alpha value is -6.91. The summed E-state index contributed by atoms with van der Waals surface area (Å²) in [5.41, 5.74) is 1.06. The number of anilines is 1. The van der Waals surface area contributed by atoms with Crippen molar-refractivity contribution in [1.29, 1.82) is 5.26 Å². The minimum absolute atomic E-state index is 0.0384. The third kappa shape index (κ3) is 6.82. The molecule has 0 bridgehead atoms. The van der Waals surface area contributed by atoms with Crippen LogP contribution in [-0.4, -0.2) is 52.5 Å². The molecule has 2 heterocycles. The van der Waals surface area contributed by atoms with Gasteiger partial charge in [0.15, 0.2) is 11.5 Å². The second kappa shape index (κ2) is 16.2. The predicted molar refractivity (Wildman–Crippen MR) is 205 cm³/mol. The Morgan fingerprint density at radius 2 is 1.38 bits per heavy atom. The van der Waals surface area contributed by atoms with Crippen LogP contribution >= 0.6 is 0 Å². The summed E-state index contributed by atoms with van der Waals surface area (Å²) in [6.45, 7) is -0.456. The normalized spacial score (nSPS) is 17.7. The van der Waals surface area contributed by atoms with Crippen molar-refractivity contribution in [3.63, 3.8) is 0 Å². The fourth-order valence-corrected chi connectivity index (χ4v) is 7.47. The molecule has 3 atom stereocenters. The maximum atomic E-state index is 14.2. The number of hydrogen-bond acceptors (Lipinski definition) is 11. The number of aliphatic hydroxyl groups is 1. The highest BCUT2D eigenvalue weighted by molar-refractivity contribution is 6.03. The van der Waals surface area contributed by atoms with Gasteiger partial charge in [-0.15, -0.1) is 0 Å². The van der Waals surface area contributed by atoms with Crippen molar-refractivity contribution in [3.8, 4) is 11.8 Å². The standard InChI is InChI=1S/C44H36N4O8/c1-53-47-39-25-26-48(42(52)46-39)43(44(31-16-5-2-6-17-31,32-18-7-3-8-19-32)33-20-9-4-10-21-33)27-36(49)38(56-43)29-54-40(50)34-22-12-13-23-35(34)41(51)55-37-24-14-11-15-30(37)28-45/h2-26,36,38,49H,27,29H2,1H3,(H,46,47,52)/t36-,38+,43-/m0/s1. The summed E-state index contributed by atoms with van der Waals surface area (Å²) in [4.78, 5) is 50.6. The Bertz CT molecular complexity index is 2340. The highest BCUT2D eigenvalue weighted by Gasteiger charge is 2.63. The van der Waals surface area contributed by atoms with Gasteiger partial charge >= 0.3 is 17.6 Å². The van der Waals surface area contributed by atoms with Crippen molar-refractivity contribution < 1.29 is 33.7 Å².